The molecule has 0 N–H and O–H groups in total. The van der Waals surface area contributed by atoms with E-state index in [0.717, 1.165) is 29.0 Å². The molecule has 0 saturated heterocycles. The zero-order valence-electron chi connectivity index (χ0n) is 15.7. The molecule has 0 amide bonds. The highest BCUT2D eigenvalue weighted by atomic mass is 32.1. The minimum Gasteiger partial charge on any atom is -0.258 e. The first kappa shape index (κ1) is 19.5. The Kier molecular flexibility index (Phi) is 5.97. The first-order valence-electron chi connectivity index (χ1n) is 9.01. The van der Waals surface area contributed by atoms with Gasteiger partial charge in [0.1, 0.15) is 11.1 Å². The number of thiazole rings is 1. The average Bonchev–Trinajstić information content (AvgIpc) is 3.16. The molecule has 0 bridgehead atoms. The minimum atomic E-state index is -0.444. The highest BCUT2D eigenvalue weighted by Crippen LogP contribution is 2.33. The summed E-state index contributed by atoms with van der Waals surface area (Å²) in [4.78, 5) is 16.4. The van der Waals surface area contributed by atoms with Gasteiger partial charge < -0.3 is 0 Å². The predicted molar refractivity (Wildman–Crippen MR) is 113 cm³/mol. The third kappa shape index (κ3) is 4.16. The number of non-ortho nitro benzene ring substituents is 1. The van der Waals surface area contributed by atoms with Crippen LogP contribution in [0.2, 0.25) is 0 Å². The highest BCUT2D eigenvalue weighted by molar-refractivity contribution is 7.13. The molecule has 1 heterocycles. The highest BCUT2D eigenvalue weighted by Gasteiger charge is 2.15. The Balaban J connectivity index is 2.02. The third-order valence-electron chi connectivity index (χ3n) is 4.40. The zero-order chi connectivity index (χ0) is 20.1. The first-order chi connectivity index (χ1) is 13.5. The van der Waals surface area contributed by atoms with Crippen LogP contribution in [0.1, 0.15) is 34.9 Å². The summed E-state index contributed by atoms with van der Waals surface area (Å²) in [5.74, 6) is 0. The van der Waals surface area contributed by atoms with Crippen molar-refractivity contribution < 1.29 is 4.92 Å². The lowest BCUT2D eigenvalue weighted by atomic mass is 10.1. The van der Waals surface area contributed by atoms with E-state index in [4.69, 9.17) is 4.98 Å². The smallest absolute Gasteiger partial charge is 0.258 e. The number of hydrogen-bond donors (Lipinski definition) is 0. The fraction of sp³-hybridized carbons (Fsp3) is 0.182. The fourth-order valence-corrected chi connectivity index (χ4v) is 3.86. The summed E-state index contributed by atoms with van der Waals surface area (Å²) in [5, 5.41) is 21.2. The molecular weight excluding hydrogens is 370 g/mol. The van der Waals surface area contributed by atoms with E-state index in [2.05, 4.69) is 44.2 Å². The molecule has 140 valence electrons. The largest absolute Gasteiger partial charge is 0.270 e. The van der Waals surface area contributed by atoms with Crippen molar-refractivity contribution in [1.29, 1.82) is 5.26 Å². The summed E-state index contributed by atoms with van der Waals surface area (Å²) in [5.41, 5.74) is 4.19. The molecular formula is C22H19N3O2S. The van der Waals surface area contributed by atoms with Gasteiger partial charge in [0.2, 0.25) is 0 Å². The van der Waals surface area contributed by atoms with E-state index in [1.807, 2.05) is 0 Å². The molecule has 0 aliphatic rings. The van der Waals surface area contributed by atoms with Gasteiger partial charge in [0.05, 0.1) is 16.2 Å². The minimum absolute atomic E-state index is 0.00358. The van der Waals surface area contributed by atoms with E-state index in [1.54, 1.807) is 18.2 Å². The first-order valence-corrected chi connectivity index (χ1v) is 9.83. The predicted octanol–water partition coefficient (Wildman–Crippen LogP) is 5.91. The lowest BCUT2D eigenvalue weighted by Gasteiger charge is -2.02. The van der Waals surface area contributed by atoms with Crippen LogP contribution in [0.4, 0.5) is 5.69 Å². The Morgan fingerprint density at radius 3 is 2.57 bits per heavy atom. The van der Waals surface area contributed by atoms with Crippen LogP contribution < -0.4 is 0 Å². The number of hydrogen-bond acceptors (Lipinski definition) is 5. The number of benzene rings is 2. The summed E-state index contributed by atoms with van der Waals surface area (Å²) in [6, 6.07) is 16.7. The second-order valence-corrected chi connectivity index (χ2v) is 7.30. The number of rotatable bonds is 6. The summed E-state index contributed by atoms with van der Waals surface area (Å²) in [7, 11) is 0. The number of aryl methyl sites for hydroxylation is 2. The van der Waals surface area contributed by atoms with Crippen LogP contribution in [-0.2, 0) is 12.8 Å². The van der Waals surface area contributed by atoms with Gasteiger partial charge in [-0.15, -0.1) is 11.3 Å². The van der Waals surface area contributed by atoms with Crippen molar-refractivity contribution in [2.75, 3.05) is 0 Å². The van der Waals surface area contributed by atoms with Crippen molar-refractivity contribution in [2.24, 2.45) is 0 Å². The van der Waals surface area contributed by atoms with Crippen molar-refractivity contribution in [2.45, 2.75) is 26.7 Å². The van der Waals surface area contributed by atoms with Crippen LogP contribution in [0.3, 0.4) is 0 Å². The summed E-state index contributed by atoms with van der Waals surface area (Å²) in [6.07, 6.45) is 3.45. The summed E-state index contributed by atoms with van der Waals surface area (Å²) >= 11 is 1.49. The van der Waals surface area contributed by atoms with Crippen LogP contribution in [-0.4, -0.2) is 9.91 Å². The topological polar surface area (TPSA) is 79.8 Å². The standard InChI is InChI=1S/C22H19N3O2S/c1-3-15-8-10-17(11-9-15)21-20(4-2)28-22(24-21)18(14-23)12-16-6-5-7-19(13-16)25(26)27/h5-13H,3-4H2,1-2H3/b18-12+. The van der Waals surface area contributed by atoms with Gasteiger partial charge in [0.15, 0.2) is 0 Å². The van der Waals surface area contributed by atoms with Gasteiger partial charge in [-0.05, 0) is 30.0 Å². The molecule has 1 aromatic heterocycles. The van der Waals surface area contributed by atoms with Crippen LogP contribution in [0.15, 0.2) is 48.5 Å². The molecule has 6 heteroatoms. The molecule has 3 aromatic rings. The molecule has 0 aliphatic heterocycles. The van der Waals surface area contributed by atoms with Crippen LogP contribution in [0, 0.1) is 21.4 Å². The van der Waals surface area contributed by atoms with E-state index < -0.39 is 4.92 Å². The quantitative estimate of drug-likeness (QED) is 0.298. The number of nitrogens with zero attached hydrogens (tertiary/aromatic N) is 3. The van der Waals surface area contributed by atoms with Crippen molar-refractivity contribution >= 4 is 28.7 Å². The van der Waals surface area contributed by atoms with Crippen molar-refractivity contribution in [1.82, 2.24) is 4.98 Å². The normalized spacial score (nSPS) is 11.2. The Morgan fingerprint density at radius 1 is 1.21 bits per heavy atom. The van der Waals surface area contributed by atoms with Gasteiger partial charge in [-0.25, -0.2) is 4.98 Å². The lowest BCUT2D eigenvalue weighted by molar-refractivity contribution is -0.384. The van der Waals surface area contributed by atoms with Crippen molar-refractivity contribution in [3.05, 3.63) is 79.7 Å². The molecule has 0 saturated carbocycles. The molecule has 0 spiro atoms. The second kappa shape index (κ2) is 8.59. The second-order valence-electron chi connectivity index (χ2n) is 6.22. The Bertz CT molecular complexity index is 1080. The molecule has 3 rings (SSSR count). The van der Waals surface area contributed by atoms with Gasteiger partial charge in [0.25, 0.3) is 5.69 Å². The Morgan fingerprint density at radius 2 is 1.96 bits per heavy atom. The third-order valence-corrected chi connectivity index (χ3v) is 5.63. The number of allylic oxidation sites excluding steroid dienone is 1. The molecule has 0 aliphatic carbocycles. The molecule has 0 fully saturated rings. The Hall–Kier alpha value is -3.30. The van der Waals surface area contributed by atoms with Gasteiger partial charge in [-0.3, -0.25) is 10.1 Å². The van der Waals surface area contributed by atoms with E-state index in [-0.39, 0.29) is 5.69 Å². The molecule has 5 nitrogen and oxygen atoms in total. The van der Waals surface area contributed by atoms with E-state index in [1.165, 1.54) is 29.0 Å². The summed E-state index contributed by atoms with van der Waals surface area (Å²) in [6.45, 7) is 4.18. The van der Waals surface area contributed by atoms with E-state index in [0.29, 0.717) is 16.1 Å². The zero-order valence-corrected chi connectivity index (χ0v) is 16.5. The van der Waals surface area contributed by atoms with E-state index in [9.17, 15) is 15.4 Å². The SMILES string of the molecule is CCc1ccc(-c2nc(/C(C#N)=C/c3cccc([N+](=O)[O-])c3)sc2CC)cc1. The molecule has 28 heavy (non-hydrogen) atoms. The molecule has 0 unspecified atom stereocenters. The van der Waals surface area contributed by atoms with Gasteiger partial charge >= 0.3 is 0 Å². The molecule has 2 aromatic carbocycles. The molecule has 0 radical (unpaired) electrons. The maximum atomic E-state index is 11.0. The van der Waals surface area contributed by atoms with Crippen LogP contribution >= 0.6 is 11.3 Å². The van der Waals surface area contributed by atoms with E-state index >= 15 is 0 Å². The van der Waals surface area contributed by atoms with Gasteiger partial charge in [0, 0.05) is 22.6 Å². The number of nitro benzene ring substituents is 1. The molecule has 0 atom stereocenters. The van der Waals surface area contributed by atoms with Crippen LogP contribution in [0.25, 0.3) is 22.9 Å². The van der Waals surface area contributed by atoms with Gasteiger partial charge in [-0.2, -0.15) is 5.26 Å². The number of nitriles is 1. The van der Waals surface area contributed by atoms with Crippen LogP contribution in [0.5, 0.6) is 0 Å². The van der Waals surface area contributed by atoms with Gasteiger partial charge in [-0.1, -0.05) is 50.2 Å². The number of nitro groups is 1. The maximum Gasteiger partial charge on any atom is 0.270 e. The van der Waals surface area contributed by atoms with Crippen molar-refractivity contribution in [3.63, 3.8) is 0 Å². The van der Waals surface area contributed by atoms with Crippen molar-refractivity contribution in [3.8, 4) is 17.3 Å². The maximum absolute atomic E-state index is 11.0. The number of aromatic nitrogens is 1. The lowest BCUT2D eigenvalue weighted by Crippen LogP contribution is -1.88. The average molecular weight is 389 g/mol. The summed E-state index contributed by atoms with van der Waals surface area (Å²) < 4.78 is 0. The Labute approximate surface area is 167 Å². The monoisotopic (exact) mass is 389 g/mol. The fourth-order valence-electron chi connectivity index (χ4n) is 2.87.